The Morgan fingerprint density at radius 2 is 2.15 bits per heavy atom. The fraction of sp³-hybridized carbons (Fsp3) is 0.818. The fourth-order valence-corrected chi connectivity index (χ4v) is 1.81. The number of aliphatic hydroxyl groups excluding tert-OH is 1. The van der Waals surface area contributed by atoms with E-state index >= 15 is 0 Å². The average Bonchev–Trinajstić information content (AvgIpc) is 2.19. The van der Waals surface area contributed by atoms with E-state index in [1.165, 1.54) is 0 Å². The Kier molecular flexibility index (Phi) is 5.09. The van der Waals surface area contributed by atoms with E-state index in [0.29, 0.717) is 5.92 Å². The summed E-state index contributed by atoms with van der Waals surface area (Å²) in [6.07, 6.45) is 6.82. The van der Waals surface area contributed by atoms with Crippen molar-refractivity contribution in [3.05, 3.63) is 12.7 Å². The summed E-state index contributed by atoms with van der Waals surface area (Å²) >= 11 is 0. The van der Waals surface area contributed by atoms with Crippen LogP contribution in [-0.4, -0.2) is 24.4 Å². The number of hydrogen-bond donors (Lipinski definition) is 1. The minimum absolute atomic E-state index is 0.121. The number of rotatable bonds is 5. The Bertz CT molecular complexity index is 139. The van der Waals surface area contributed by atoms with Gasteiger partial charge in [0.25, 0.3) is 0 Å². The third-order valence-electron chi connectivity index (χ3n) is 2.72. The van der Waals surface area contributed by atoms with Crippen molar-refractivity contribution in [1.82, 2.24) is 0 Å². The maximum Gasteiger partial charge on any atom is 0.0570 e. The van der Waals surface area contributed by atoms with Crippen LogP contribution >= 0.6 is 0 Å². The van der Waals surface area contributed by atoms with Crippen molar-refractivity contribution in [1.29, 1.82) is 0 Å². The van der Waals surface area contributed by atoms with Gasteiger partial charge in [-0.25, -0.2) is 0 Å². The van der Waals surface area contributed by atoms with E-state index in [9.17, 15) is 5.11 Å². The van der Waals surface area contributed by atoms with Gasteiger partial charge in [0.2, 0.25) is 0 Å². The fourth-order valence-electron chi connectivity index (χ4n) is 1.81. The second-order valence-electron chi connectivity index (χ2n) is 3.74. The average molecular weight is 184 g/mol. The maximum absolute atomic E-state index is 9.81. The highest BCUT2D eigenvalue weighted by Gasteiger charge is 2.21. The van der Waals surface area contributed by atoms with Crippen molar-refractivity contribution in [3.63, 3.8) is 0 Å². The smallest absolute Gasteiger partial charge is 0.0570 e. The van der Waals surface area contributed by atoms with Crippen molar-refractivity contribution in [2.75, 3.05) is 13.2 Å². The Labute approximate surface area is 80.6 Å². The topological polar surface area (TPSA) is 29.5 Å². The van der Waals surface area contributed by atoms with Gasteiger partial charge in [-0.3, -0.25) is 0 Å². The number of unbranched alkanes of at least 4 members (excludes halogenated alkanes) is 1. The van der Waals surface area contributed by atoms with E-state index in [1.807, 2.05) is 6.08 Å². The molecule has 1 fully saturated rings. The molecule has 0 saturated carbocycles. The minimum Gasteiger partial charge on any atom is -0.393 e. The molecule has 0 amide bonds. The third kappa shape index (κ3) is 3.92. The van der Waals surface area contributed by atoms with E-state index in [-0.39, 0.29) is 6.10 Å². The lowest BCUT2D eigenvalue weighted by Gasteiger charge is -2.26. The molecule has 1 saturated heterocycles. The first kappa shape index (κ1) is 10.7. The largest absolute Gasteiger partial charge is 0.393 e. The van der Waals surface area contributed by atoms with Gasteiger partial charge in [0, 0.05) is 13.2 Å². The quantitative estimate of drug-likeness (QED) is 0.524. The van der Waals surface area contributed by atoms with Gasteiger partial charge in [-0.05, 0) is 38.0 Å². The first-order chi connectivity index (χ1) is 6.34. The molecule has 0 aromatic rings. The molecule has 0 aliphatic carbocycles. The van der Waals surface area contributed by atoms with Gasteiger partial charge in [0.1, 0.15) is 0 Å². The third-order valence-corrected chi connectivity index (χ3v) is 2.72. The minimum atomic E-state index is -0.121. The predicted molar refractivity (Wildman–Crippen MR) is 53.6 cm³/mol. The summed E-state index contributed by atoms with van der Waals surface area (Å²) in [6, 6.07) is 0. The summed E-state index contributed by atoms with van der Waals surface area (Å²) in [7, 11) is 0. The van der Waals surface area contributed by atoms with E-state index < -0.39 is 0 Å². The lowest BCUT2D eigenvalue weighted by molar-refractivity contribution is 0.00442. The van der Waals surface area contributed by atoms with Gasteiger partial charge >= 0.3 is 0 Å². The second kappa shape index (κ2) is 6.17. The summed E-state index contributed by atoms with van der Waals surface area (Å²) in [5.41, 5.74) is 0. The molecule has 1 aliphatic rings. The first-order valence-corrected chi connectivity index (χ1v) is 5.21. The molecule has 0 aromatic carbocycles. The molecular formula is C11H20O2. The lowest BCUT2D eigenvalue weighted by Crippen LogP contribution is -2.27. The van der Waals surface area contributed by atoms with Crippen molar-refractivity contribution in [2.45, 2.75) is 38.2 Å². The van der Waals surface area contributed by atoms with Crippen LogP contribution in [0.1, 0.15) is 32.1 Å². The normalized spacial score (nSPS) is 21.3. The van der Waals surface area contributed by atoms with Gasteiger partial charge in [0.05, 0.1) is 6.10 Å². The van der Waals surface area contributed by atoms with Gasteiger partial charge in [-0.1, -0.05) is 6.08 Å². The SMILES string of the molecule is C=CCCCC(O)C1CCOCC1. The van der Waals surface area contributed by atoms with Gasteiger partial charge in [-0.2, -0.15) is 0 Å². The van der Waals surface area contributed by atoms with Crippen LogP contribution < -0.4 is 0 Å². The molecule has 1 unspecified atom stereocenters. The van der Waals surface area contributed by atoms with Crippen molar-refractivity contribution in [3.8, 4) is 0 Å². The molecule has 0 radical (unpaired) electrons. The second-order valence-corrected chi connectivity index (χ2v) is 3.74. The first-order valence-electron chi connectivity index (χ1n) is 5.21. The van der Waals surface area contributed by atoms with Crippen LogP contribution in [-0.2, 0) is 4.74 Å². The molecule has 0 bridgehead atoms. The monoisotopic (exact) mass is 184 g/mol. The molecule has 0 spiro atoms. The van der Waals surface area contributed by atoms with E-state index in [2.05, 4.69) is 6.58 Å². The van der Waals surface area contributed by atoms with E-state index in [4.69, 9.17) is 4.74 Å². The molecule has 13 heavy (non-hydrogen) atoms. The molecule has 1 aliphatic heterocycles. The highest BCUT2D eigenvalue weighted by molar-refractivity contribution is 4.74. The summed E-state index contributed by atoms with van der Waals surface area (Å²) in [5.74, 6) is 0.471. The molecule has 1 rings (SSSR count). The van der Waals surface area contributed by atoms with Crippen LogP contribution in [0.25, 0.3) is 0 Å². The number of hydrogen-bond acceptors (Lipinski definition) is 2. The molecule has 1 heterocycles. The molecule has 76 valence electrons. The van der Waals surface area contributed by atoms with Crippen LogP contribution in [0.4, 0.5) is 0 Å². The molecule has 2 heteroatoms. The van der Waals surface area contributed by atoms with Crippen LogP contribution in [0.5, 0.6) is 0 Å². The highest BCUT2D eigenvalue weighted by Crippen LogP contribution is 2.21. The summed E-state index contributed by atoms with van der Waals surface area (Å²) in [5, 5.41) is 9.81. The standard InChI is InChI=1S/C11H20O2/c1-2-3-4-5-11(12)10-6-8-13-9-7-10/h2,10-12H,1,3-9H2. The highest BCUT2D eigenvalue weighted by atomic mass is 16.5. The molecule has 2 nitrogen and oxygen atoms in total. The summed E-state index contributed by atoms with van der Waals surface area (Å²) in [6.45, 7) is 5.31. The van der Waals surface area contributed by atoms with Crippen molar-refractivity contribution in [2.24, 2.45) is 5.92 Å². The Morgan fingerprint density at radius 1 is 1.46 bits per heavy atom. The number of allylic oxidation sites excluding steroid dienone is 1. The van der Waals surface area contributed by atoms with E-state index in [1.54, 1.807) is 0 Å². The zero-order chi connectivity index (χ0) is 9.52. The zero-order valence-electron chi connectivity index (χ0n) is 8.24. The Hall–Kier alpha value is -0.340. The van der Waals surface area contributed by atoms with Crippen molar-refractivity contribution >= 4 is 0 Å². The molecular weight excluding hydrogens is 164 g/mol. The maximum atomic E-state index is 9.81. The van der Waals surface area contributed by atoms with Gasteiger partial charge < -0.3 is 9.84 Å². The van der Waals surface area contributed by atoms with Crippen LogP contribution in [0.15, 0.2) is 12.7 Å². The zero-order valence-corrected chi connectivity index (χ0v) is 8.24. The Morgan fingerprint density at radius 3 is 2.77 bits per heavy atom. The predicted octanol–water partition coefficient (Wildman–Crippen LogP) is 2.13. The van der Waals surface area contributed by atoms with Gasteiger partial charge in [0.15, 0.2) is 0 Å². The Balaban J connectivity index is 2.13. The van der Waals surface area contributed by atoms with Gasteiger partial charge in [-0.15, -0.1) is 6.58 Å². The molecule has 1 N–H and O–H groups in total. The summed E-state index contributed by atoms with van der Waals surface area (Å²) < 4.78 is 5.25. The van der Waals surface area contributed by atoms with E-state index in [0.717, 1.165) is 45.3 Å². The number of ether oxygens (including phenoxy) is 1. The molecule has 0 aromatic heterocycles. The molecule has 1 atom stereocenters. The summed E-state index contributed by atoms with van der Waals surface area (Å²) in [4.78, 5) is 0. The van der Waals surface area contributed by atoms with Crippen LogP contribution in [0.3, 0.4) is 0 Å². The lowest BCUT2D eigenvalue weighted by atomic mass is 9.91. The van der Waals surface area contributed by atoms with Crippen molar-refractivity contribution < 1.29 is 9.84 Å². The number of aliphatic hydroxyl groups is 1. The van der Waals surface area contributed by atoms with Crippen LogP contribution in [0, 0.1) is 5.92 Å². The van der Waals surface area contributed by atoms with Crippen LogP contribution in [0.2, 0.25) is 0 Å².